The highest BCUT2D eigenvalue weighted by molar-refractivity contribution is 6.30. The largest absolute Gasteiger partial charge is 0.436 e. The van der Waals surface area contributed by atoms with Crippen molar-refractivity contribution in [2.75, 3.05) is 18.4 Å². The Balaban J connectivity index is 1.57. The predicted octanol–water partition coefficient (Wildman–Crippen LogP) is 3.29. The van der Waals surface area contributed by atoms with E-state index in [0.717, 1.165) is 11.1 Å². The number of nitrogens with two attached hydrogens (primary N) is 1. The molecule has 2 aromatic rings. The van der Waals surface area contributed by atoms with Gasteiger partial charge in [0.25, 0.3) is 0 Å². The molecule has 2 aromatic carbocycles. The first-order chi connectivity index (χ1) is 13.5. The standard InChI is InChI=1S/C21H22ClN3O3/c22-15-7-8-18-16(12-15)21(28-20(27)24-18)9-4-10-25(13-21)19(26)17(23)11-14-5-2-1-3-6-14/h1-3,5-8,12,17H,4,9-11,13,23H2,(H,24,27)/t17-,21?/m0/s1. The number of likely N-dealkylation sites (tertiary alicyclic amines) is 1. The summed E-state index contributed by atoms with van der Waals surface area (Å²) < 4.78 is 5.73. The number of hydrogen-bond donors (Lipinski definition) is 2. The van der Waals surface area contributed by atoms with Crippen LogP contribution < -0.4 is 11.1 Å². The first-order valence-corrected chi connectivity index (χ1v) is 9.73. The number of rotatable bonds is 3. The molecule has 2 heterocycles. The van der Waals surface area contributed by atoms with Gasteiger partial charge in [-0.2, -0.15) is 0 Å². The molecular formula is C21H22ClN3O3. The van der Waals surface area contributed by atoms with E-state index in [0.29, 0.717) is 36.5 Å². The van der Waals surface area contributed by atoms with Crippen molar-refractivity contribution in [1.29, 1.82) is 0 Å². The van der Waals surface area contributed by atoms with Crippen LogP contribution in [-0.2, 0) is 21.6 Å². The second-order valence-electron chi connectivity index (χ2n) is 7.36. The Morgan fingerprint density at radius 2 is 2.07 bits per heavy atom. The molecular weight excluding hydrogens is 378 g/mol. The van der Waals surface area contributed by atoms with Crippen LogP contribution in [0.2, 0.25) is 5.02 Å². The number of nitrogens with one attached hydrogen (secondary N) is 1. The summed E-state index contributed by atoms with van der Waals surface area (Å²) in [5, 5.41) is 3.27. The average Bonchev–Trinajstić information content (AvgIpc) is 2.69. The Hall–Kier alpha value is -2.57. The number of ether oxygens (including phenoxy) is 1. The van der Waals surface area contributed by atoms with Gasteiger partial charge in [-0.1, -0.05) is 41.9 Å². The lowest BCUT2D eigenvalue weighted by molar-refractivity contribution is -0.140. The maximum absolute atomic E-state index is 13.0. The molecule has 2 atom stereocenters. The number of hydrogen-bond acceptors (Lipinski definition) is 4. The van der Waals surface area contributed by atoms with Crippen LogP contribution in [0.1, 0.15) is 24.0 Å². The van der Waals surface area contributed by atoms with Crippen molar-refractivity contribution in [3.63, 3.8) is 0 Å². The Bertz CT molecular complexity index is 905. The second kappa shape index (κ2) is 7.45. The van der Waals surface area contributed by atoms with Gasteiger partial charge in [-0.05, 0) is 43.0 Å². The molecule has 0 aliphatic carbocycles. The van der Waals surface area contributed by atoms with Crippen molar-refractivity contribution in [2.24, 2.45) is 5.73 Å². The maximum atomic E-state index is 13.0. The molecule has 4 rings (SSSR count). The first-order valence-electron chi connectivity index (χ1n) is 9.35. The minimum atomic E-state index is -0.900. The molecule has 2 aliphatic heterocycles. The summed E-state index contributed by atoms with van der Waals surface area (Å²) in [6.45, 7) is 0.860. The van der Waals surface area contributed by atoms with Crippen LogP contribution in [-0.4, -0.2) is 36.0 Å². The molecule has 0 bridgehead atoms. The van der Waals surface area contributed by atoms with Crippen LogP contribution in [0.4, 0.5) is 10.5 Å². The van der Waals surface area contributed by atoms with Gasteiger partial charge in [0.1, 0.15) is 0 Å². The van der Waals surface area contributed by atoms with Crippen LogP contribution in [0, 0.1) is 0 Å². The zero-order valence-corrected chi connectivity index (χ0v) is 16.1. The van der Waals surface area contributed by atoms with Crippen LogP contribution in [0.25, 0.3) is 0 Å². The van der Waals surface area contributed by atoms with E-state index in [-0.39, 0.29) is 12.5 Å². The fourth-order valence-electron chi connectivity index (χ4n) is 4.07. The van der Waals surface area contributed by atoms with Crippen LogP contribution in [0.3, 0.4) is 0 Å². The molecule has 2 amide bonds. The van der Waals surface area contributed by atoms with E-state index < -0.39 is 17.7 Å². The zero-order chi connectivity index (χ0) is 19.7. The van der Waals surface area contributed by atoms with Crippen molar-refractivity contribution < 1.29 is 14.3 Å². The third-order valence-corrected chi connectivity index (χ3v) is 5.61. The SMILES string of the molecule is N[C@@H](Cc1ccccc1)C(=O)N1CCCC2(C1)OC(=O)Nc1ccc(Cl)cc12. The third kappa shape index (κ3) is 3.57. The Kier molecular flexibility index (Phi) is 5.00. The lowest BCUT2D eigenvalue weighted by Gasteiger charge is -2.45. The highest BCUT2D eigenvalue weighted by atomic mass is 35.5. The molecule has 0 aromatic heterocycles. The molecule has 7 heteroatoms. The van der Waals surface area contributed by atoms with Gasteiger partial charge in [-0.25, -0.2) is 4.79 Å². The fraction of sp³-hybridized carbons (Fsp3) is 0.333. The highest BCUT2D eigenvalue weighted by Crippen LogP contribution is 2.43. The summed E-state index contributed by atoms with van der Waals surface area (Å²) in [5.41, 5.74) is 7.80. The Morgan fingerprint density at radius 3 is 2.86 bits per heavy atom. The van der Waals surface area contributed by atoms with E-state index in [1.807, 2.05) is 30.3 Å². The smallest absolute Gasteiger partial charge is 0.412 e. The van der Waals surface area contributed by atoms with E-state index in [1.165, 1.54) is 0 Å². The number of benzene rings is 2. The summed E-state index contributed by atoms with van der Waals surface area (Å²) in [5.74, 6) is -0.138. The van der Waals surface area contributed by atoms with Crippen molar-refractivity contribution >= 4 is 29.3 Å². The number of piperidine rings is 1. The summed E-state index contributed by atoms with van der Waals surface area (Å²) in [6, 6.07) is 14.3. The molecule has 1 saturated heterocycles. The molecule has 2 aliphatic rings. The highest BCUT2D eigenvalue weighted by Gasteiger charge is 2.46. The van der Waals surface area contributed by atoms with Crippen LogP contribution in [0.15, 0.2) is 48.5 Å². The van der Waals surface area contributed by atoms with Gasteiger partial charge in [0, 0.05) is 17.1 Å². The molecule has 146 valence electrons. The Labute approximate surface area is 168 Å². The molecule has 6 nitrogen and oxygen atoms in total. The van der Waals surface area contributed by atoms with E-state index in [4.69, 9.17) is 22.1 Å². The van der Waals surface area contributed by atoms with Gasteiger partial charge in [0.05, 0.1) is 18.3 Å². The predicted molar refractivity (Wildman–Crippen MR) is 107 cm³/mol. The minimum Gasteiger partial charge on any atom is -0.436 e. The lowest BCUT2D eigenvalue weighted by atomic mass is 9.83. The van der Waals surface area contributed by atoms with Gasteiger partial charge in [-0.15, -0.1) is 0 Å². The number of carbonyl (C=O) groups excluding carboxylic acids is 2. The molecule has 3 N–H and O–H groups in total. The maximum Gasteiger partial charge on any atom is 0.412 e. The number of halogens is 1. The molecule has 28 heavy (non-hydrogen) atoms. The monoisotopic (exact) mass is 399 g/mol. The third-order valence-electron chi connectivity index (χ3n) is 5.38. The molecule has 1 unspecified atom stereocenters. The van der Waals surface area contributed by atoms with Crippen molar-refractivity contribution in [3.8, 4) is 0 Å². The zero-order valence-electron chi connectivity index (χ0n) is 15.4. The summed E-state index contributed by atoms with van der Waals surface area (Å²) in [7, 11) is 0. The number of amides is 2. The molecule has 0 saturated carbocycles. The fourth-order valence-corrected chi connectivity index (χ4v) is 4.25. The van der Waals surface area contributed by atoms with Gasteiger partial charge in [0.15, 0.2) is 5.60 Å². The van der Waals surface area contributed by atoms with Crippen LogP contribution in [0.5, 0.6) is 0 Å². The molecule has 1 spiro atoms. The lowest BCUT2D eigenvalue weighted by Crippen LogP contribution is -2.56. The van der Waals surface area contributed by atoms with E-state index in [2.05, 4.69) is 5.32 Å². The second-order valence-corrected chi connectivity index (χ2v) is 7.79. The number of carbonyl (C=O) groups is 2. The van der Waals surface area contributed by atoms with Gasteiger partial charge < -0.3 is 15.4 Å². The average molecular weight is 400 g/mol. The molecule has 1 fully saturated rings. The van der Waals surface area contributed by atoms with Crippen molar-refractivity contribution in [2.45, 2.75) is 30.9 Å². The van der Waals surface area contributed by atoms with Crippen molar-refractivity contribution in [3.05, 3.63) is 64.7 Å². The number of anilines is 1. The van der Waals surface area contributed by atoms with E-state index >= 15 is 0 Å². The first kappa shape index (κ1) is 18.8. The molecule has 0 radical (unpaired) electrons. The summed E-state index contributed by atoms with van der Waals surface area (Å²) in [4.78, 5) is 26.9. The summed E-state index contributed by atoms with van der Waals surface area (Å²) >= 11 is 6.19. The van der Waals surface area contributed by atoms with Crippen molar-refractivity contribution in [1.82, 2.24) is 4.90 Å². The Morgan fingerprint density at radius 1 is 1.29 bits per heavy atom. The number of fused-ring (bicyclic) bond motifs is 2. The van der Waals surface area contributed by atoms with Crippen LogP contribution >= 0.6 is 11.6 Å². The summed E-state index contributed by atoms with van der Waals surface area (Å²) in [6.07, 6.45) is 1.29. The van der Waals surface area contributed by atoms with Gasteiger partial charge in [0.2, 0.25) is 5.91 Å². The van der Waals surface area contributed by atoms with E-state index in [9.17, 15) is 9.59 Å². The normalized spacial score (nSPS) is 22.2. The quantitative estimate of drug-likeness (QED) is 0.829. The van der Waals surface area contributed by atoms with Gasteiger partial charge in [-0.3, -0.25) is 10.1 Å². The number of nitrogens with zero attached hydrogens (tertiary/aromatic N) is 1. The topological polar surface area (TPSA) is 84.7 Å². The van der Waals surface area contributed by atoms with E-state index in [1.54, 1.807) is 23.1 Å². The van der Waals surface area contributed by atoms with Gasteiger partial charge >= 0.3 is 6.09 Å². The minimum absolute atomic E-state index is 0.138.